The van der Waals surface area contributed by atoms with Gasteiger partial charge in [-0.15, -0.1) is 11.3 Å². The molecule has 1 aromatic rings. The van der Waals surface area contributed by atoms with Crippen molar-refractivity contribution in [3.05, 3.63) is 18.7 Å². The Morgan fingerprint density at radius 2 is 1.60 bits per heavy atom. The quantitative estimate of drug-likeness (QED) is 0.772. The van der Waals surface area contributed by atoms with Gasteiger partial charge in [0.15, 0.2) is 0 Å². The summed E-state index contributed by atoms with van der Waals surface area (Å²) >= 11 is 8.80. The summed E-state index contributed by atoms with van der Waals surface area (Å²) in [4.78, 5) is 0. The number of nitrogens with one attached hydrogen (secondary N) is 1. The lowest BCUT2D eigenvalue weighted by Crippen LogP contribution is -2.00. The number of thiophene rings is 1. The molecule has 0 saturated heterocycles. The van der Waals surface area contributed by atoms with E-state index >= 15 is 0 Å². The second-order valence-electron chi connectivity index (χ2n) is 2.21. The highest BCUT2D eigenvalue weighted by Gasteiger charge is 2.18. The lowest BCUT2D eigenvalue weighted by molar-refractivity contribution is 0.763. The number of fused-ring (bicyclic) bond motifs is 1. The van der Waals surface area contributed by atoms with E-state index in [9.17, 15) is 0 Å². The van der Waals surface area contributed by atoms with Gasteiger partial charge in [0.2, 0.25) is 0 Å². The topological polar surface area (TPSA) is 12.0 Å². The fraction of sp³-hybridized carbons (Fsp3) is 0.333. The second kappa shape index (κ2) is 2.59. The summed E-state index contributed by atoms with van der Waals surface area (Å²) in [6, 6.07) is 0. The van der Waals surface area contributed by atoms with E-state index in [0.717, 1.165) is 13.1 Å². The minimum atomic E-state index is 1.01. The van der Waals surface area contributed by atoms with Crippen molar-refractivity contribution in [2.45, 2.75) is 13.1 Å². The molecule has 0 aliphatic carbocycles. The van der Waals surface area contributed by atoms with E-state index in [1.807, 2.05) is 0 Å². The van der Waals surface area contributed by atoms with Crippen LogP contribution in [0.3, 0.4) is 0 Å². The molecule has 0 bridgehead atoms. The van der Waals surface area contributed by atoms with Crippen molar-refractivity contribution < 1.29 is 0 Å². The summed E-state index contributed by atoms with van der Waals surface area (Å²) < 4.78 is 2.53. The Hall–Kier alpha value is 0.620. The molecule has 0 amide bonds. The van der Waals surface area contributed by atoms with Crippen molar-refractivity contribution in [1.29, 1.82) is 0 Å². The first-order chi connectivity index (χ1) is 4.79. The molecule has 4 heteroatoms. The monoisotopic (exact) mass is 281 g/mol. The number of rotatable bonds is 0. The predicted molar refractivity (Wildman–Crippen MR) is 50.3 cm³/mol. The molecule has 0 unspecified atom stereocenters. The Bertz CT molecular complexity index is 244. The molecule has 0 atom stereocenters. The van der Waals surface area contributed by atoms with Gasteiger partial charge in [-0.3, -0.25) is 0 Å². The molecule has 2 rings (SSSR count). The molecule has 54 valence electrons. The Morgan fingerprint density at radius 3 is 2.10 bits per heavy atom. The molecule has 0 saturated carbocycles. The summed E-state index contributed by atoms with van der Waals surface area (Å²) in [7, 11) is 0. The van der Waals surface area contributed by atoms with Crippen molar-refractivity contribution in [2.24, 2.45) is 0 Å². The molecule has 1 aliphatic heterocycles. The van der Waals surface area contributed by atoms with Gasteiger partial charge in [0.25, 0.3) is 0 Å². The van der Waals surface area contributed by atoms with Crippen molar-refractivity contribution in [3.63, 3.8) is 0 Å². The third-order valence-corrected chi connectivity index (χ3v) is 4.40. The highest BCUT2D eigenvalue weighted by Crippen LogP contribution is 2.39. The zero-order valence-corrected chi connectivity index (χ0v) is 9.07. The molecule has 1 N–H and O–H groups in total. The zero-order chi connectivity index (χ0) is 7.14. The second-order valence-corrected chi connectivity index (χ2v) is 5.87. The molecular formula is C6H5Br2NS. The first kappa shape index (κ1) is 7.28. The summed E-state index contributed by atoms with van der Waals surface area (Å²) in [5, 5.41) is 3.30. The zero-order valence-electron chi connectivity index (χ0n) is 5.08. The van der Waals surface area contributed by atoms with Crippen LogP contribution in [0.1, 0.15) is 11.1 Å². The van der Waals surface area contributed by atoms with Crippen molar-refractivity contribution in [1.82, 2.24) is 5.32 Å². The van der Waals surface area contributed by atoms with Gasteiger partial charge in [-0.25, -0.2) is 0 Å². The van der Waals surface area contributed by atoms with Crippen LogP contribution in [0.15, 0.2) is 7.57 Å². The van der Waals surface area contributed by atoms with Gasteiger partial charge >= 0.3 is 0 Å². The number of hydrogen-bond donors (Lipinski definition) is 1. The molecule has 0 aromatic carbocycles. The summed E-state index contributed by atoms with van der Waals surface area (Å²) in [6.45, 7) is 2.02. The summed E-state index contributed by atoms with van der Waals surface area (Å²) in [6.07, 6.45) is 0. The van der Waals surface area contributed by atoms with Gasteiger partial charge in [-0.05, 0) is 43.0 Å². The molecule has 10 heavy (non-hydrogen) atoms. The Kier molecular flexibility index (Phi) is 1.88. The van der Waals surface area contributed by atoms with Crippen molar-refractivity contribution in [2.75, 3.05) is 0 Å². The van der Waals surface area contributed by atoms with Gasteiger partial charge in [0.05, 0.1) is 7.57 Å². The van der Waals surface area contributed by atoms with Crippen LogP contribution in [0, 0.1) is 0 Å². The van der Waals surface area contributed by atoms with E-state index in [2.05, 4.69) is 37.2 Å². The van der Waals surface area contributed by atoms with Gasteiger partial charge in [-0.1, -0.05) is 0 Å². The minimum absolute atomic E-state index is 1.01. The summed E-state index contributed by atoms with van der Waals surface area (Å²) in [5.74, 6) is 0. The fourth-order valence-electron chi connectivity index (χ4n) is 1.10. The first-order valence-electron chi connectivity index (χ1n) is 2.95. The molecule has 0 spiro atoms. The van der Waals surface area contributed by atoms with Crippen LogP contribution in [0.5, 0.6) is 0 Å². The normalized spacial score (nSPS) is 15.8. The van der Waals surface area contributed by atoms with Crippen LogP contribution in [0.2, 0.25) is 0 Å². The van der Waals surface area contributed by atoms with Crippen LogP contribution < -0.4 is 5.32 Å². The molecule has 1 aliphatic rings. The van der Waals surface area contributed by atoms with Crippen LogP contribution >= 0.6 is 43.2 Å². The average Bonchev–Trinajstić information content (AvgIpc) is 2.39. The highest BCUT2D eigenvalue weighted by atomic mass is 79.9. The molecule has 2 heterocycles. The number of halogens is 2. The van der Waals surface area contributed by atoms with E-state index in [0.29, 0.717) is 0 Å². The highest BCUT2D eigenvalue weighted by molar-refractivity contribution is 9.12. The van der Waals surface area contributed by atoms with Crippen LogP contribution in [0.25, 0.3) is 0 Å². The molecule has 1 aromatic heterocycles. The third-order valence-electron chi connectivity index (χ3n) is 1.62. The maximum Gasteiger partial charge on any atom is 0.0758 e. The van der Waals surface area contributed by atoms with Crippen LogP contribution in [-0.2, 0) is 13.1 Å². The van der Waals surface area contributed by atoms with Gasteiger partial charge in [-0.2, -0.15) is 0 Å². The standard InChI is InChI=1S/C6H5Br2NS/c7-5-3-1-9-2-4(3)6(8)10-5/h9H,1-2H2. The van der Waals surface area contributed by atoms with E-state index in [-0.39, 0.29) is 0 Å². The lowest BCUT2D eigenvalue weighted by atomic mass is 10.2. The Balaban J connectivity index is 2.61. The molecule has 1 nitrogen and oxygen atoms in total. The van der Waals surface area contributed by atoms with Crippen LogP contribution in [-0.4, -0.2) is 0 Å². The molecule has 0 fully saturated rings. The number of hydrogen-bond acceptors (Lipinski definition) is 2. The lowest BCUT2D eigenvalue weighted by Gasteiger charge is -1.87. The fourth-order valence-corrected chi connectivity index (χ4v) is 4.28. The van der Waals surface area contributed by atoms with Gasteiger partial charge < -0.3 is 5.32 Å². The third kappa shape index (κ3) is 0.978. The van der Waals surface area contributed by atoms with E-state index < -0.39 is 0 Å². The SMILES string of the molecule is Brc1sc(Br)c2c1CNC2. The van der Waals surface area contributed by atoms with E-state index in [1.54, 1.807) is 11.3 Å². The van der Waals surface area contributed by atoms with Gasteiger partial charge in [0, 0.05) is 13.1 Å². The summed E-state index contributed by atoms with van der Waals surface area (Å²) in [5.41, 5.74) is 2.86. The smallest absolute Gasteiger partial charge is 0.0758 e. The average molecular weight is 283 g/mol. The van der Waals surface area contributed by atoms with E-state index in [1.165, 1.54) is 18.7 Å². The van der Waals surface area contributed by atoms with E-state index in [4.69, 9.17) is 0 Å². The Labute approximate surface area is 80.1 Å². The van der Waals surface area contributed by atoms with Crippen molar-refractivity contribution >= 4 is 43.2 Å². The molecule has 0 radical (unpaired) electrons. The Morgan fingerprint density at radius 1 is 1.10 bits per heavy atom. The largest absolute Gasteiger partial charge is 0.308 e. The van der Waals surface area contributed by atoms with Gasteiger partial charge in [0.1, 0.15) is 0 Å². The predicted octanol–water partition coefficient (Wildman–Crippen LogP) is 2.88. The first-order valence-corrected chi connectivity index (χ1v) is 5.35. The molecular weight excluding hydrogens is 278 g/mol. The minimum Gasteiger partial charge on any atom is -0.308 e. The maximum atomic E-state index is 3.52. The maximum absolute atomic E-state index is 3.52. The van der Waals surface area contributed by atoms with Crippen LogP contribution in [0.4, 0.5) is 0 Å². The van der Waals surface area contributed by atoms with Crippen molar-refractivity contribution in [3.8, 4) is 0 Å².